The van der Waals surface area contributed by atoms with Crippen molar-refractivity contribution in [1.29, 1.82) is 0 Å². The van der Waals surface area contributed by atoms with Crippen LogP contribution in [0.2, 0.25) is 5.02 Å². The zero-order chi connectivity index (χ0) is 12.8. The number of halogens is 1. The summed E-state index contributed by atoms with van der Waals surface area (Å²) < 4.78 is 24.0. The number of nitrogens with zero attached hydrogens (tertiary/aromatic N) is 1. The van der Waals surface area contributed by atoms with Crippen LogP contribution in [0.5, 0.6) is 0 Å². The average molecular weight is 274 g/mol. The highest BCUT2D eigenvalue weighted by Crippen LogP contribution is 2.35. The van der Waals surface area contributed by atoms with Crippen LogP contribution in [0.1, 0.15) is 39.3 Å². The molecule has 0 bridgehead atoms. The van der Waals surface area contributed by atoms with Gasteiger partial charge in [-0.2, -0.15) is 0 Å². The summed E-state index contributed by atoms with van der Waals surface area (Å²) in [4.78, 5) is 4.46. The molecule has 1 aliphatic rings. The summed E-state index contributed by atoms with van der Waals surface area (Å²) in [6, 6.07) is 1.53. The zero-order valence-corrected chi connectivity index (χ0v) is 11.8. The van der Waals surface area contributed by atoms with Crippen LogP contribution >= 0.6 is 11.6 Å². The fourth-order valence-corrected chi connectivity index (χ4v) is 3.84. The van der Waals surface area contributed by atoms with E-state index in [2.05, 4.69) is 4.98 Å². The van der Waals surface area contributed by atoms with Crippen LogP contribution in [-0.2, 0) is 15.3 Å². The van der Waals surface area contributed by atoms with Crippen molar-refractivity contribution in [3.8, 4) is 0 Å². The Bertz CT molecular complexity index is 542. The molecule has 1 aliphatic carbocycles. The van der Waals surface area contributed by atoms with Crippen molar-refractivity contribution in [3.63, 3.8) is 0 Å². The minimum atomic E-state index is -3.20. The normalized spacial score (nSPS) is 17.2. The molecular formula is C12H16ClNO2S. The van der Waals surface area contributed by atoms with E-state index < -0.39 is 9.84 Å². The lowest BCUT2D eigenvalue weighted by Crippen LogP contribution is -2.16. The molecule has 5 heteroatoms. The number of hydrogen-bond donors (Lipinski definition) is 0. The summed E-state index contributed by atoms with van der Waals surface area (Å²) in [5.41, 5.74) is 0.549. The van der Waals surface area contributed by atoms with Crippen LogP contribution < -0.4 is 0 Å². The maximum absolute atomic E-state index is 12.0. The molecule has 1 aromatic heterocycles. The zero-order valence-electron chi connectivity index (χ0n) is 10.2. The van der Waals surface area contributed by atoms with Crippen LogP contribution in [0, 0.1) is 0 Å². The van der Waals surface area contributed by atoms with Gasteiger partial charge in [0.1, 0.15) is 0 Å². The minimum Gasteiger partial charge on any atom is -0.258 e. The van der Waals surface area contributed by atoms with E-state index in [0.29, 0.717) is 5.02 Å². The van der Waals surface area contributed by atoms with Gasteiger partial charge in [-0.1, -0.05) is 32.4 Å². The number of rotatable bonds is 2. The molecule has 1 saturated carbocycles. The Morgan fingerprint density at radius 3 is 2.35 bits per heavy atom. The van der Waals surface area contributed by atoms with E-state index in [1.807, 2.05) is 20.8 Å². The Morgan fingerprint density at radius 2 is 1.94 bits per heavy atom. The first kappa shape index (κ1) is 12.8. The molecule has 1 heterocycles. The van der Waals surface area contributed by atoms with E-state index in [4.69, 9.17) is 11.6 Å². The topological polar surface area (TPSA) is 47.0 Å². The molecule has 0 amide bonds. The van der Waals surface area contributed by atoms with Gasteiger partial charge >= 0.3 is 0 Å². The molecule has 3 nitrogen and oxygen atoms in total. The van der Waals surface area contributed by atoms with Crippen molar-refractivity contribution >= 4 is 21.4 Å². The van der Waals surface area contributed by atoms with Gasteiger partial charge < -0.3 is 0 Å². The van der Waals surface area contributed by atoms with E-state index in [1.165, 1.54) is 12.3 Å². The minimum absolute atomic E-state index is 0.182. The number of aromatic nitrogens is 1. The smallest absolute Gasteiger partial charge is 0.182 e. The Balaban J connectivity index is 2.44. The third-order valence-corrected chi connectivity index (χ3v) is 5.34. The highest BCUT2D eigenvalue weighted by Gasteiger charge is 2.37. The molecule has 0 unspecified atom stereocenters. The van der Waals surface area contributed by atoms with Crippen molar-refractivity contribution in [1.82, 2.24) is 4.98 Å². The molecule has 1 aromatic rings. The molecule has 1 fully saturated rings. The van der Waals surface area contributed by atoms with Gasteiger partial charge in [-0.15, -0.1) is 0 Å². The van der Waals surface area contributed by atoms with Crippen LogP contribution in [0.25, 0.3) is 0 Å². The molecule has 0 radical (unpaired) electrons. The number of sulfone groups is 1. The van der Waals surface area contributed by atoms with E-state index in [-0.39, 0.29) is 15.6 Å². The van der Waals surface area contributed by atoms with Crippen LogP contribution in [0.4, 0.5) is 0 Å². The van der Waals surface area contributed by atoms with E-state index in [1.54, 1.807) is 0 Å². The second kappa shape index (κ2) is 3.95. The lowest BCUT2D eigenvalue weighted by molar-refractivity contribution is 0.565. The first-order valence-electron chi connectivity index (χ1n) is 5.63. The van der Waals surface area contributed by atoms with Crippen molar-refractivity contribution < 1.29 is 8.42 Å². The van der Waals surface area contributed by atoms with Crippen molar-refractivity contribution in [2.24, 2.45) is 0 Å². The molecule has 0 atom stereocenters. The van der Waals surface area contributed by atoms with Crippen molar-refractivity contribution in [3.05, 3.63) is 23.0 Å². The fraction of sp³-hybridized carbons (Fsp3) is 0.583. The van der Waals surface area contributed by atoms with Gasteiger partial charge in [-0.3, -0.25) is 4.98 Å². The molecule has 0 N–H and O–H groups in total. The number of hydrogen-bond acceptors (Lipinski definition) is 3. The van der Waals surface area contributed by atoms with Gasteiger partial charge in [0.2, 0.25) is 0 Å². The predicted octanol–water partition coefficient (Wildman–Crippen LogP) is 2.97. The van der Waals surface area contributed by atoms with Gasteiger partial charge in [0, 0.05) is 11.6 Å². The third-order valence-electron chi connectivity index (χ3n) is 2.82. The summed E-state index contributed by atoms with van der Waals surface area (Å²) in [7, 11) is -3.20. The standard InChI is InChI=1S/C12H16ClNO2S/c1-12(2,3)11-10(13)6-9(7-14-11)17(15,16)8-4-5-8/h6-8H,4-5H2,1-3H3. The fourth-order valence-electron chi connectivity index (χ4n) is 1.70. The summed E-state index contributed by atoms with van der Waals surface area (Å²) in [6.07, 6.45) is 2.93. The summed E-state index contributed by atoms with van der Waals surface area (Å²) >= 11 is 6.12. The van der Waals surface area contributed by atoms with Gasteiger partial charge in [-0.05, 0) is 18.9 Å². The van der Waals surface area contributed by atoms with Gasteiger partial charge in [0.25, 0.3) is 0 Å². The van der Waals surface area contributed by atoms with Crippen LogP contribution in [0.15, 0.2) is 17.2 Å². The monoisotopic (exact) mass is 273 g/mol. The van der Waals surface area contributed by atoms with Gasteiger partial charge in [0.05, 0.1) is 20.9 Å². The molecule has 0 spiro atoms. The van der Waals surface area contributed by atoms with Crippen LogP contribution in [0.3, 0.4) is 0 Å². The Kier molecular flexibility index (Phi) is 2.99. The summed E-state index contributed by atoms with van der Waals surface area (Å²) in [5.74, 6) is 0. The first-order valence-corrected chi connectivity index (χ1v) is 7.55. The lowest BCUT2D eigenvalue weighted by Gasteiger charge is -2.19. The molecule has 0 aromatic carbocycles. The summed E-state index contributed by atoms with van der Waals surface area (Å²) in [6.45, 7) is 5.99. The second-order valence-corrected chi connectivity index (χ2v) is 8.13. The van der Waals surface area contributed by atoms with Gasteiger partial charge in [0.15, 0.2) is 9.84 Å². The molecular weight excluding hydrogens is 258 g/mol. The predicted molar refractivity (Wildman–Crippen MR) is 68.2 cm³/mol. The van der Waals surface area contributed by atoms with Crippen molar-refractivity contribution in [2.75, 3.05) is 0 Å². The maximum atomic E-state index is 12.0. The molecule has 0 saturated heterocycles. The Morgan fingerprint density at radius 1 is 1.35 bits per heavy atom. The van der Waals surface area contributed by atoms with E-state index in [9.17, 15) is 8.42 Å². The van der Waals surface area contributed by atoms with Crippen LogP contribution in [-0.4, -0.2) is 18.7 Å². The van der Waals surface area contributed by atoms with E-state index in [0.717, 1.165) is 18.5 Å². The quantitative estimate of drug-likeness (QED) is 0.832. The highest BCUT2D eigenvalue weighted by atomic mass is 35.5. The third kappa shape index (κ3) is 2.47. The van der Waals surface area contributed by atoms with Crippen molar-refractivity contribution in [2.45, 2.75) is 49.2 Å². The maximum Gasteiger partial charge on any atom is 0.182 e. The molecule has 0 aliphatic heterocycles. The first-order chi connectivity index (χ1) is 7.73. The molecule has 94 valence electrons. The average Bonchev–Trinajstić information content (AvgIpc) is 2.98. The summed E-state index contributed by atoms with van der Waals surface area (Å²) in [5, 5.41) is 0.208. The second-order valence-electron chi connectivity index (χ2n) is 5.50. The number of pyridine rings is 1. The lowest BCUT2D eigenvalue weighted by atomic mass is 9.92. The SMILES string of the molecule is CC(C)(C)c1ncc(S(=O)(=O)C2CC2)cc1Cl. The Hall–Kier alpha value is -0.610. The highest BCUT2D eigenvalue weighted by molar-refractivity contribution is 7.92. The largest absolute Gasteiger partial charge is 0.258 e. The molecule has 2 rings (SSSR count). The van der Waals surface area contributed by atoms with Gasteiger partial charge in [-0.25, -0.2) is 8.42 Å². The molecule has 17 heavy (non-hydrogen) atoms. The Labute approximate surface area is 107 Å². The van der Waals surface area contributed by atoms with E-state index >= 15 is 0 Å².